The van der Waals surface area contributed by atoms with Gasteiger partial charge in [-0.25, -0.2) is 0 Å². The van der Waals surface area contributed by atoms with Gasteiger partial charge in [-0.05, 0) is 24.3 Å². The van der Waals surface area contributed by atoms with Crippen molar-refractivity contribution in [3.63, 3.8) is 0 Å². The molecule has 1 unspecified atom stereocenters. The fraction of sp³-hybridized carbons (Fsp3) is 0.500. The molecule has 1 aliphatic rings. The molecule has 21 heavy (non-hydrogen) atoms. The minimum atomic E-state index is -0.0970. The molecule has 1 atom stereocenters. The first-order chi connectivity index (χ1) is 9.11. The van der Waals surface area contributed by atoms with Crippen molar-refractivity contribution in [2.75, 3.05) is 37.6 Å². The Labute approximate surface area is 137 Å². The highest BCUT2D eigenvalue weighted by Crippen LogP contribution is 2.20. The van der Waals surface area contributed by atoms with Gasteiger partial charge in [0, 0.05) is 44.3 Å². The lowest BCUT2D eigenvalue weighted by Crippen LogP contribution is -2.50. The number of hydrogen-bond donors (Lipinski definition) is 2. The quantitative estimate of drug-likeness (QED) is 0.877. The van der Waals surface area contributed by atoms with Gasteiger partial charge in [0.05, 0.1) is 0 Å². The molecule has 1 aromatic carbocycles. The van der Waals surface area contributed by atoms with E-state index in [1.54, 1.807) is 12.1 Å². The minimum absolute atomic E-state index is 0. The van der Waals surface area contributed by atoms with Gasteiger partial charge in [-0.1, -0.05) is 6.92 Å². The number of phenols is 1. The highest BCUT2D eigenvalue weighted by molar-refractivity contribution is 5.85. The lowest BCUT2D eigenvalue weighted by Gasteiger charge is -2.37. The number of benzene rings is 1. The van der Waals surface area contributed by atoms with Gasteiger partial charge < -0.3 is 20.6 Å². The molecule has 1 heterocycles. The number of carbonyl (C=O) groups excluding carboxylic acids is 1. The Hall–Kier alpha value is -1.17. The second-order valence-corrected chi connectivity index (χ2v) is 4.97. The van der Waals surface area contributed by atoms with E-state index in [1.807, 2.05) is 24.0 Å². The molecule has 1 saturated heterocycles. The van der Waals surface area contributed by atoms with Crippen molar-refractivity contribution < 1.29 is 9.90 Å². The largest absolute Gasteiger partial charge is 0.508 e. The maximum absolute atomic E-state index is 12.0. The van der Waals surface area contributed by atoms with Gasteiger partial charge in [-0.15, -0.1) is 24.8 Å². The molecule has 2 rings (SSSR count). The van der Waals surface area contributed by atoms with Crippen molar-refractivity contribution in [2.45, 2.75) is 6.92 Å². The number of halogens is 2. The number of aromatic hydroxyl groups is 1. The molecule has 1 aliphatic heterocycles. The molecule has 3 N–H and O–H groups in total. The Morgan fingerprint density at radius 1 is 1.19 bits per heavy atom. The van der Waals surface area contributed by atoms with Crippen molar-refractivity contribution in [3.8, 4) is 5.75 Å². The summed E-state index contributed by atoms with van der Waals surface area (Å²) < 4.78 is 0. The molecule has 0 bridgehead atoms. The Morgan fingerprint density at radius 2 is 1.71 bits per heavy atom. The molecule has 0 radical (unpaired) electrons. The zero-order valence-electron chi connectivity index (χ0n) is 12.1. The van der Waals surface area contributed by atoms with Gasteiger partial charge >= 0.3 is 0 Å². The van der Waals surface area contributed by atoms with Crippen molar-refractivity contribution >= 4 is 36.4 Å². The summed E-state index contributed by atoms with van der Waals surface area (Å²) in [7, 11) is 0. The van der Waals surface area contributed by atoms with Gasteiger partial charge in [-0.2, -0.15) is 0 Å². The molecular weight excluding hydrogens is 313 g/mol. The Bertz CT molecular complexity index is 434. The summed E-state index contributed by atoms with van der Waals surface area (Å²) in [5.41, 5.74) is 6.61. The van der Waals surface area contributed by atoms with Crippen LogP contribution in [0.25, 0.3) is 0 Å². The average Bonchev–Trinajstić information content (AvgIpc) is 2.46. The zero-order chi connectivity index (χ0) is 13.8. The monoisotopic (exact) mass is 335 g/mol. The standard InChI is InChI=1S/C14H21N3O2.2ClH/c1-11(10-15)14(19)17-8-6-16(7-9-17)12-2-4-13(18)5-3-12;;/h2-5,11,18H,6-10,15H2,1H3;2*1H. The number of piperazine rings is 1. The summed E-state index contributed by atoms with van der Waals surface area (Å²) >= 11 is 0. The lowest BCUT2D eigenvalue weighted by atomic mass is 10.1. The van der Waals surface area contributed by atoms with E-state index in [-0.39, 0.29) is 42.4 Å². The number of hydrogen-bond acceptors (Lipinski definition) is 4. The molecule has 0 aliphatic carbocycles. The third-order valence-corrected chi connectivity index (χ3v) is 3.58. The second-order valence-electron chi connectivity index (χ2n) is 4.97. The van der Waals surface area contributed by atoms with E-state index in [0.717, 1.165) is 31.9 Å². The van der Waals surface area contributed by atoms with Gasteiger partial charge in [0.2, 0.25) is 5.91 Å². The SMILES string of the molecule is CC(CN)C(=O)N1CCN(c2ccc(O)cc2)CC1.Cl.Cl. The summed E-state index contributed by atoms with van der Waals surface area (Å²) in [5.74, 6) is 0.322. The van der Waals surface area contributed by atoms with Crippen LogP contribution in [0.15, 0.2) is 24.3 Å². The molecular formula is C14H23Cl2N3O2. The van der Waals surface area contributed by atoms with Gasteiger partial charge in [0.25, 0.3) is 0 Å². The number of carbonyl (C=O) groups is 1. The highest BCUT2D eigenvalue weighted by Gasteiger charge is 2.24. The van der Waals surface area contributed by atoms with Crippen LogP contribution in [0.2, 0.25) is 0 Å². The maximum atomic E-state index is 12.0. The van der Waals surface area contributed by atoms with E-state index < -0.39 is 0 Å². The van der Waals surface area contributed by atoms with E-state index in [1.165, 1.54) is 0 Å². The van der Waals surface area contributed by atoms with Gasteiger partial charge in [0.1, 0.15) is 5.75 Å². The van der Waals surface area contributed by atoms with Crippen molar-refractivity contribution in [1.82, 2.24) is 4.90 Å². The summed E-state index contributed by atoms with van der Waals surface area (Å²) in [6.07, 6.45) is 0. The first-order valence-corrected chi connectivity index (χ1v) is 6.64. The number of nitrogens with two attached hydrogens (primary N) is 1. The van der Waals surface area contributed by atoms with Crippen LogP contribution in [-0.4, -0.2) is 48.6 Å². The number of anilines is 1. The van der Waals surface area contributed by atoms with E-state index in [0.29, 0.717) is 6.54 Å². The van der Waals surface area contributed by atoms with Crippen LogP contribution in [0.1, 0.15) is 6.92 Å². The maximum Gasteiger partial charge on any atom is 0.226 e. The van der Waals surface area contributed by atoms with E-state index >= 15 is 0 Å². The number of rotatable bonds is 3. The zero-order valence-corrected chi connectivity index (χ0v) is 13.7. The average molecular weight is 336 g/mol. The Balaban J connectivity index is 0.00000200. The molecule has 1 amide bonds. The summed E-state index contributed by atoms with van der Waals surface area (Å²) in [4.78, 5) is 16.1. The topological polar surface area (TPSA) is 69.8 Å². The van der Waals surface area contributed by atoms with Gasteiger partial charge in [-0.3, -0.25) is 4.79 Å². The number of amides is 1. The first kappa shape index (κ1) is 19.8. The molecule has 1 fully saturated rings. The summed E-state index contributed by atoms with van der Waals surface area (Å²) in [6.45, 7) is 5.35. The van der Waals surface area contributed by atoms with E-state index in [2.05, 4.69) is 4.90 Å². The molecule has 0 spiro atoms. The molecule has 1 aromatic rings. The van der Waals surface area contributed by atoms with Crippen LogP contribution in [0.3, 0.4) is 0 Å². The second kappa shape index (κ2) is 8.97. The van der Waals surface area contributed by atoms with Crippen LogP contribution in [0.4, 0.5) is 5.69 Å². The van der Waals surface area contributed by atoms with Crippen molar-refractivity contribution in [1.29, 1.82) is 0 Å². The van der Waals surface area contributed by atoms with Crippen LogP contribution < -0.4 is 10.6 Å². The number of nitrogens with zero attached hydrogens (tertiary/aromatic N) is 2. The summed E-state index contributed by atoms with van der Waals surface area (Å²) in [6, 6.07) is 7.16. The fourth-order valence-corrected chi connectivity index (χ4v) is 2.26. The van der Waals surface area contributed by atoms with Crippen LogP contribution in [-0.2, 0) is 4.79 Å². The smallest absolute Gasteiger partial charge is 0.226 e. The third kappa shape index (κ3) is 4.95. The van der Waals surface area contributed by atoms with Crippen molar-refractivity contribution in [2.24, 2.45) is 11.7 Å². The highest BCUT2D eigenvalue weighted by atomic mass is 35.5. The third-order valence-electron chi connectivity index (χ3n) is 3.58. The minimum Gasteiger partial charge on any atom is -0.508 e. The Morgan fingerprint density at radius 3 is 2.19 bits per heavy atom. The van der Waals surface area contributed by atoms with Crippen molar-refractivity contribution in [3.05, 3.63) is 24.3 Å². The molecule has 5 nitrogen and oxygen atoms in total. The normalized spacial score (nSPS) is 15.7. The predicted molar refractivity (Wildman–Crippen MR) is 89.6 cm³/mol. The van der Waals surface area contributed by atoms with Crippen LogP contribution in [0, 0.1) is 5.92 Å². The molecule has 0 saturated carbocycles. The molecule has 7 heteroatoms. The molecule has 120 valence electrons. The van der Waals surface area contributed by atoms with Crippen LogP contribution in [0.5, 0.6) is 5.75 Å². The lowest BCUT2D eigenvalue weighted by molar-refractivity contribution is -0.134. The molecule has 0 aromatic heterocycles. The Kier molecular flexibility index (Phi) is 8.47. The van der Waals surface area contributed by atoms with E-state index in [4.69, 9.17) is 5.73 Å². The summed E-state index contributed by atoms with van der Waals surface area (Å²) in [5, 5.41) is 9.27. The van der Waals surface area contributed by atoms with Crippen LogP contribution >= 0.6 is 24.8 Å². The first-order valence-electron chi connectivity index (χ1n) is 6.64. The van der Waals surface area contributed by atoms with E-state index in [9.17, 15) is 9.90 Å². The number of phenolic OH excluding ortho intramolecular Hbond substituents is 1. The predicted octanol–water partition coefficient (Wildman–Crippen LogP) is 1.48. The van der Waals surface area contributed by atoms with Gasteiger partial charge in [0.15, 0.2) is 0 Å². The fourth-order valence-electron chi connectivity index (χ4n) is 2.26.